The molecule has 186 valence electrons. The fourth-order valence-corrected chi connectivity index (χ4v) is 7.02. The molecule has 2 aliphatic heterocycles. The standard InChI is InChI=1S/C36H22BFN2/c38-25-19-17-23(18-20-25)24-21-33-35-34(22-24)40-31-15-6-4-11-27(31)28-12-8-14-30(36(28)40)37(35)29-13-5-7-16-32(29)39(33)26-9-2-1-3-10-26/h1-22H. The molecule has 0 amide bonds. The van der Waals surface area contributed by atoms with Crippen LogP contribution in [0.25, 0.3) is 38.6 Å². The summed E-state index contributed by atoms with van der Waals surface area (Å²) in [7, 11) is 0. The smallest absolute Gasteiger partial charge is 0.252 e. The van der Waals surface area contributed by atoms with Gasteiger partial charge in [-0.15, -0.1) is 0 Å². The van der Waals surface area contributed by atoms with Gasteiger partial charge in [0.1, 0.15) is 5.82 Å². The van der Waals surface area contributed by atoms with Crippen LogP contribution in [0.2, 0.25) is 0 Å². The largest absolute Gasteiger partial charge is 0.311 e. The summed E-state index contributed by atoms with van der Waals surface area (Å²) in [6.07, 6.45) is 0. The first-order valence-electron chi connectivity index (χ1n) is 13.7. The van der Waals surface area contributed by atoms with E-state index >= 15 is 0 Å². The van der Waals surface area contributed by atoms with Gasteiger partial charge in [0.2, 0.25) is 0 Å². The summed E-state index contributed by atoms with van der Waals surface area (Å²) >= 11 is 0. The second-order valence-corrected chi connectivity index (χ2v) is 10.7. The topological polar surface area (TPSA) is 8.17 Å². The van der Waals surface area contributed by atoms with Crippen LogP contribution in [0.1, 0.15) is 0 Å². The van der Waals surface area contributed by atoms with E-state index in [2.05, 4.69) is 119 Å². The minimum atomic E-state index is -0.227. The van der Waals surface area contributed by atoms with Gasteiger partial charge in [-0.3, -0.25) is 0 Å². The van der Waals surface area contributed by atoms with Crippen LogP contribution in [0.15, 0.2) is 133 Å². The summed E-state index contributed by atoms with van der Waals surface area (Å²) < 4.78 is 16.4. The normalized spacial score (nSPS) is 13.0. The molecule has 3 heterocycles. The molecule has 0 atom stereocenters. The summed E-state index contributed by atoms with van der Waals surface area (Å²) in [5.74, 6) is -0.227. The van der Waals surface area contributed by atoms with Crippen molar-refractivity contribution in [3.05, 3.63) is 139 Å². The number of benzene rings is 6. The Labute approximate surface area is 231 Å². The van der Waals surface area contributed by atoms with Gasteiger partial charge in [-0.25, -0.2) is 4.39 Å². The number of para-hydroxylation sites is 4. The molecule has 0 radical (unpaired) electrons. The zero-order valence-corrected chi connectivity index (χ0v) is 21.6. The summed E-state index contributed by atoms with van der Waals surface area (Å²) in [4.78, 5) is 2.40. The number of rotatable bonds is 2. The third kappa shape index (κ3) is 2.83. The third-order valence-corrected chi connectivity index (χ3v) is 8.62. The predicted octanol–water partition coefficient (Wildman–Crippen LogP) is 7.20. The molecule has 0 spiro atoms. The Morgan fingerprint density at radius 1 is 0.525 bits per heavy atom. The van der Waals surface area contributed by atoms with Crippen LogP contribution in [-0.4, -0.2) is 11.3 Å². The average Bonchev–Trinajstić information content (AvgIpc) is 3.35. The molecule has 7 aromatic rings. The number of nitrogens with zero attached hydrogens (tertiary/aromatic N) is 2. The van der Waals surface area contributed by atoms with Crippen LogP contribution in [-0.2, 0) is 0 Å². The molecule has 0 aliphatic carbocycles. The zero-order valence-electron chi connectivity index (χ0n) is 21.6. The second kappa shape index (κ2) is 7.97. The number of aromatic nitrogens is 1. The quantitative estimate of drug-likeness (QED) is 0.223. The number of halogens is 1. The van der Waals surface area contributed by atoms with Crippen molar-refractivity contribution in [2.24, 2.45) is 0 Å². The first-order chi connectivity index (χ1) is 19.8. The molecule has 0 fully saturated rings. The highest BCUT2D eigenvalue weighted by Crippen LogP contribution is 2.43. The Morgan fingerprint density at radius 2 is 1.23 bits per heavy atom. The van der Waals surface area contributed by atoms with Gasteiger partial charge in [-0.2, -0.15) is 0 Å². The first-order valence-corrected chi connectivity index (χ1v) is 13.7. The molecule has 4 heteroatoms. The monoisotopic (exact) mass is 512 g/mol. The van der Waals surface area contributed by atoms with Crippen molar-refractivity contribution in [3.63, 3.8) is 0 Å². The molecular formula is C36H22BFN2. The second-order valence-electron chi connectivity index (χ2n) is 10.7. The van der Waals surface area contributed by atoms with Gasteiger partial charge in [0.25, 0.3) is 6.71 Å². The van der Waals surface area contributed by atoms with Gasteiger partial charge >= 0.3 is 0 Å². The maximum Gasteiger partial charge on any atom is 0.252 e. The highest BCUT2D eigenvalue weighted by molar-refractivity contribution is 7.00. The molecule has 6 aromatic carbocycles. The van der Waals surface area contributed by atoms with Gasteiger partial charge in [0.05, 0.1) is 5.52 Å². The van der Waals surface area contributed by atoms with Crippen molar-refractivity contribution in [3.8, 4) is 16.8 Å². The van der Waals surface area contributed by atoms with Crippen LogP contribution in [0.3, 0.4) is 0 Å². The summed E-state index contributed by atoms with van der Waals surface area (Å²) in [5, 5.41) is 2.53. The predicted molar refractivity (Wildman–Crippen MR) is 166 cm³/mol. The summed E-state index contributed by atoms with van der Waals surface area (Å²) in [6.45, 7) is 0.101. The SMILES string of the molecule is Fc1ccc(-c2cc3c4c(c2)-n2c5ccccc5c5cccc(c52)B4c2ccccc2N3c2ccccc2)cc1. The maximum absolute atomic E-state index is 14.0. The number of fused-ring (bicyclic) bond motifs is 7. The van der Waals surface area contributed by atoms with Gasteiger partial charge in [0, 0.05) is 39.0 Å². The van der Waals surface area contributed by atoms with E-state index in [1.807, 2.05) is 12.1 Å². The Kier molecular flexibility index (Phi) is 4.34. The highest BCUT2D eigenvalue weighted by atomic mass is 19.1. The molecule has 0 unspecified atom stereocenters. The van der Waals surface area contributed by atoms with Gasteiger partial charge in [-0.1, -0.05) is 84.9 Å². The minimum absolute atomic E-state index is 0.101. The van der Waals surface area contributed by atoms with E-state index in [-0.39, 0.29) is 12.5 Å². The van der Waals surface area contributed by atoms with Crippen LogP contribution in [0.4, 0.5) is 21.5 Å². The molecular weight excluding hydrogens is 490 g/mol. The molecule has 2 nitrogen and oxygen atoms in total. The molecule has 0 saturated heterocycles. The Balaban J connectivity index is 1.48. The van der Waals surface area contributed by atoms with Crippen molar-refractivity contribution in [1.29, 1.82) is 0 Å². The van der Waals surface area contributed by atoms with Crippen molar-refractivity contribution < 1.29 is 4.39 Å². The van der Waals surface area contributed by atoms with Crippen molar-refractivity contribution in [1.82, 2.24) is 4.57 Å². The third-order valence-electron chi connectivity index (χ3n) is 8.62. The first kappa shape index (κ1) is 21.8. The molecule has 1 aromatic heterocycles. The number of hydrogen-bond donors (Lipinski definition) is 0. The molecule has 0 saturated carbocycles. The van der Waals surface area contributed by atoms with Gasteiger partial charge in [0.15, 0.2) is 0 Å². The fourth-order valence-electron chi connectivity index (χ4n) is 7.02. The Bertz CT molecular complexity index is 2130. The van der Waals surface area contributed by atoms with Crippen molar-refractivity contribution >= 4 is 62.0 Å². The van der Waals surface area contributed by atoms with Gasteiger partial charge in [-0.05, 0) is 76.0 Å². The lowest BCUT2D eigenvalue weighted by molar-refractivity contribution is 0.628. The van der Waals surface area contributed by atoms with E-state index < -0.39 is 0 Å². The summed E-state index contributed by atoms with van der Waals surface area (Å²) in [5.41, 5.74) is 13.1. The zero-order chi connectivity index (χ0) is 26.4. The summed E-state index contributed by atoms with van der Waals surface area (Å²) in [6, 6.07) is 46.3. The lowest BCUT2D eigenvalue weighted by Gasteiger charge is -2.40. The molecule has 9 rings (SSSR count). The average molecular weight is 512 g/mol. The number of hydrogen-bond acceptors (Lipinski definition) is 1. The molecule has 0 bridgehead atoms. The Morgan fingerprint density at radius 3 is 2.10 bits per heavy atom. The lowest BCUT2D eigenvalue weighted by Crippen LogP contribution is -2.60. The van der Waals surface area contributed by atoms with Crippen molar-refractivity contribution in [2.75, 3.05) is 4.90 Å². The van der Waals surface area contributed by atoms with Crippen molar-refractivity contribution in [2.45, 2.75) is 0 Å². The van der Waals surface area contributed by atoms with Gasteiger partial charge < -0.3 is 9.47 Å². The highest BCUT2D eigenvalue weighted by Gasteiger charge is 2.42. The minimum Gasteiger partial charge on any atom is -0.311 e. The van der Waals surface area contributed by atoms with Crippen LogP contribution >= 0.6 is 0 Å². The number of anilines is 3. The van der Waals surface area contributed by atoms with E-state index in [1.54, 1.807) is 12.1 Å². The van der Waals surface area contributed by atoms with E-state index in [1.165, 1.54) is 49.6 Å². The van der Waals surface area contributed by atoms with E-state index in [4.69, 9.17) is 0 Å². The van der Waals surface area contributed by atoms with Crippen LogP contribution in [0, 0.1) is 5.82 Å². The van der Waals surface area contributed by atoms with Crippen LogP contribution in [0.5, 0.6) is 0 Å². The maximum atomic E-state index is 14.0. The van der Waals surface area contributed by atoms with E-state index in [9.17, 15) is 4.39 Å². The van der Waals surface area contributed by atoms with E-state index in [0.29, 0.717) is 0 Å². The molecule has 40 heavy (non-hydrogen) atoms. The molecule has 0 N–H and O–H groups in total. The fraction of sp³-hybridized carbons (Fsp3) is 0. The van der Waals surface area contributed by atoms with Crippen LogP contribution < -0.4 is 21.3 Å². The lowest BCUT2D eigenvalue weighted by atomic mass is 9.33. The molecule has 2 aliphatic rings. The Hall–Kier alpha value is -5.09. The van der Waals surface area contributed by atoms with E-state index in [0.717, 1.165) is 22.5 Å².